The average Bonchev–Trinajstić information content (AvgIpc) is 2.58. The summed E-state index contributed by atoms with van der Waals surface area (Å²) in [6.07, 6.45) is -1.08. The van der Waals surface area contributed by atoms with E-state index in [2.05, 4.69) is 0 Å². The number of hydrogen-bond donors (Lipinski definition) is 2. The molecule has 4 nitrogen and oxygen atoms in total. The first-order valence-electron chi connectivity index (χ1n) is 5.81. The maximum atomic E-state index is 11.1. The molecule has 0 saturated carbocycles. The van der Waals surface area contributed by atoms with E-state index in [0.717, 1.165) is 16.7 Å². The number of likely N-dealkylation sites (N-methyl/N-ethyl adjacent to an activating group) is 1. The van der Waals surface area contributed by atoms with Gasteiger partial charge in [-0.1, -0.05) is 23.8 Å². The molecule has 17 heavy (non-hydrogen) atoms. The van der Waals surface area contributed by atoms with Gasteiger partial charge in [-0.15, -0.1) is 0 Å². The highest BCUT2D eigenvalue weighted by Gasteiger charge is 2.36. The van der Waals surface area contributed by atoms with Gasteiger partial charge in [0.2, 0.25) is 0 Å². The van der Waals surface area contributed by atoms with Crippen LogP contribution >= 0.6 is 0 Å². The van der Waals surface area contributed by atoms with Crippen molar-refractivity contribution in [2.45, 2.75) is 32.4 Å². The quantitative estimate of drug-likeness (QED) is 0.823. The Hall–Kier alpha value is -1.55. The summed E-state index contributed by atoms with van der Waals surface area (Å²) >= 11 is 0. The molecule has 0 aromatic heterocycles. The standard InChI is InChI=1S/C13H17NO3/c1-3-14(13(16)17)11-7-9-5-4-8(2)6-10(9)12(11)15/h4-6,11-12,15H,3,7H2,1-2H3,(H,16,17). The third kappa shape index (κ3) is 2.00. The van der Waals surface area contributed by atoms with Crippen LogP contribution in [0.3, 0.4) is 0 Å². The first-order chi connectivity index (χ1) is 8.04. The van der Waals surface area contributed by atoms with Crippen molar-refractivity contribution in [2.24, 2.45) is 0 Å². The van der Waals surface area contributed by atoms with Crippen LogP contribution in [0.25, 0.3) is 0 Å². The van der Waals surface area contributed by atoms with Crippen molar-refractivity contribution in [3.63, 3.8) is 0 Å². The fourth-order valence-corrected chi connectivity index (χ4v) is 2.51. The number of benzene rings is 1. The van der Waals surface area contributed by atoms with Gasteiger partial charge < -0.3 is 15.1 Å². The summed E-state index contributed by atoms with van der Waals surface area (Å²) in [5.74, 6) is 0. The molecule has 1 aromatic carbocycles. The molecule has 0 fully saturated rings. The molecule has 0 bridgehead atoms. The van der Waals surface area contributed by atoms with E-state index in [1.165, 1.54) is 4.90 Å². The van der Waals surface area contributed by atoms with Gasteiger partial charge in [0, 0.05) is 6.54 Å². The molecule has 1 amide bonds. The lowest BCUT2D eigenvalue weighted by Crippen LogP contribution is -2.41. The maximum Gasteiger partial charge on any atom is 0.407 e. The fraction of sp³-hybridized carbons (Fsp3) is 0.462. The Morgan fingerprint density at radius 2 is 2.24 bits per heavy atom. The first kappa shape index (κ1) is 11.9. The zero-order chi connectivity index (χ0) is 12.6. The van der Waals surface area contributed by atoms with Crippen molar-refractivity contribution in [1.29, 1.82) is 0 Å². The number of aryl methyl sites for hydroxylation is 1. The zero-order valence-electron chi connectivity index (χ0n) is 10.1. The van der Waals surface area contributed by atoms with E-state index in [1.807, 2.05) is 25.1 Å². The van der Waals surface area contributed by atoms with Crippen molar-refractivity contribution >= 4 is 6.09 Å². The zero-order valence-corrected chi connectivity index (χ0v) is 10.1. The molecule has 0 saturated heterocycles. The van der Waals surface area contributed by atoms with Crippen LogP contribution in [0, 0.1) is 6.92 Å². The molecule has 0 spiro atoms. The summed E-state index contributed by atoms with van der Waals surface area (Å²) in [6, 6.07) is 5.55. The molecule has 1 aliphatic rings. The number of aliphatic hydroxyl groups is 1. The molecular weight excluding hydrogens is 218 g/mol. The molecule has 2 N–H and O–H groups in total. The molecule has 2 atom stereocenters. The number of nitrogens with zero attached hydrogens (tertiary/aromatic N) is 1. The number of amides is 1. The monoisotopic (exact) mass is 235 g/mol. The van der Waals surface area contributed by atoms with E-state index in [4.69, 9.17) is 5.11 Å². The number of rotatable bonds is 2. The van der Waals surface area contributed by atoms with Gasteiger partial charge in [0.15, 0.2) is 0 Å². The Bertz CT molecular complexity index is 444. The lowest BCUT2D eigenvalue weighted by atomic mass is 10.1. The molecular formula is C13H17NO3. The average molecular weight is 235 g/mol. The van der Waals surface area contributed by atoms with Gasteiger partial charge >= 0.3 is 6.09 Å². The minimum absolute atomic E-state index is 0.353. The molecule has 4 heteroatoms. The van der Waals surface area contributed by atoms with Crippen molar-refractivity contribution in [3.8, 4) is 0 Å². The van der Waals surface area contributed by atoms with Crippen molar-refractivity contribution in [3.05, 3.63) is 34.9 Å². The molecule has 1 aliphatic carbocycles. The predicted molar refractivity (Wildman–Crippen MR) is 64.0 cm³/mol. The minimum Gasteiger partial charge on any atom is -0.465 e. The summed E-state index contributed by atoms with van der Waals surface area (Å²) in [6.45, 7) is 4.15. The number of aliphatic hydroxyl groups excluding tert-OH is 1. The fourth-order valence-electron chi connectivity index (χ4n) is 2.51. The van der Waals surface area contributed by atoms with Gasteiger partial charge in [-0.25, -0.2) is 4.79 Å². The molecule has 0 aliphatic heterocycles. The van der Waals surface area contributed by atoms with Crippen LogP contribution in [-0.4, -0.2) is 33.8 Å². The third-order valence-electron chi connectivity index (χ3n) is 3.40. The Balaban J connectivity index is 2.30. The normalized spacial score (nSPS) is 22.3. The van der Waals surface area contributed by atoms with Crippen molar-refractivity contribution < 1.29 is 15.0 Å². The predicted octanol–water partition coefficient (Wildman–Crippen LogP) is 1.95. The summed E-state index contributed by atoms with van der Waals surface area (Å²) in [5.41, 5.74) is 3.00. The number of hydrogen-bond acceptors (Lipinski definition) is 2. The van der Waals surface area contributed by atoms with Crippen LogP contribution in [-0.2, 0) is 6.42 Å². The Morgan fingerprint density at radius 1 is 1.53 bits per heavy atom. The molecule has 2 rings (SSSR count). The highest BCUT2D eigenvalue weighted by Crippen LogP contribution is 2.35. The van der Waals surface area contributed by atoms with Gasteiger partial charge in [-0.2, -0.15) is 0 Å². The van der Waals surface area contributed by atoms with Gasteiger partial charge in [0.05, 0.1) is 6.04 Å². The third-order valence-corrected chi connectivity index (χ3v) is 3.40. The van der Waals surface area contributed by atoms with E-state index < -0.39 is 12.2 Å². The molecule has 0 heterocycles. The largest absolute Gasteiger partial charge is 0.465 e. The minimum atomic E-state index is -0.971. The molecule has 1 aromatic rings. The van der Waals surface area contributed by atoms with Crippen LogP contribution < -0.4 is 0 Å². The lowest BCUT2D eigenvalue weighted by Gasteiger charge is -2.27. The van der Waals surface area contributed by atoms with Crippen LogP contribution in [0.1, 0.15) is 29.7 Å². The van der Waals surface area contributed by atoms with Crippen LogP contribution in [0.4, 0.5) is 4.79 Å². The summed E-state index contributed by atoms with van der Waals surface area (Å²) in [5, 5.41) is 19.3. The SMILES string of the molecule is CCN(C(=O)O)C1Cc2ccc(C)cc2C1O. The molecule has 92 valence electrons. The van der Waals surface area contributed by atoms with Crippen molar-refractivity contribution in [2.75, 3.05) is 6.54 Å². The summed E-state index contributed by atoms with van der Waals surface area (Å²) in [4.78, 5) is 12.4. The number of carbonyl (C=O) groups is 1. The second kappa shape index (κ2) is 4.37. The first-order valence-corrected chi connectivity index (χ1v) is 5.81. The van der Waals surface area contributed by atoms with E-state index in [0.29, 0.717) is 13.0 Å². The van der Waals surface area contributed by atoms with Gasteiger partial charge in [-0.3, -0.25) is 0 Å². The molecule has 0 radical (unpaired) electrons. The van der Waals surface area contributed by atoms with Crippen LogP contribution in [0.5, 0.6) is 0 Å². The van der Waals surface area contributed by atoms with E-state index >= 15 is 0 Å². The Morgan fingerprint density at radius 3 is 2.82 bits per heavy atom. The van der Waals surface area contributed by atoms with E-state index in [9.17, 15) is 9.90 Å². The van der Waals surface area contributed by atoms with E-state index in [-0.39, 0.29) is 6.04 Å². The highest BCUT2D eigenvalue weighted by molar-refractivity contribution is 5.66. The highest BCUT2D eigenvalue weighted by atomic mass is 16.4. The molecule has 2 unspecified atom stereocenters. The second-order valence-corrected chi connectivity index (χ2v) is 4.49. The number of carboxylic acid groups (broad SMARTS) is 1. The maximum absolute atomic E-state index is 11.1. The second-order valence-electron chi connectivity index (χ2n) is 4.49. The summed E-state index contributed by atoms with van der Waals surface area (Å²) < 4.78 is 0. The van der Waals surface area contributed by atoms with E-state index in [1.54, 1.807) is 6.92 Å². The summed E-state index contributed by atoms with van der Waals surface area (Å²) in [7, 11) is 0. The van der Waals surface area contributed by atoms with Gasteiger partial charge in [0.25, 0.3) is 0 Å². The topological polar surface area (TPSA) is 60.8 Å². The van der Waals surface area contributed by atoms with Crippen LogP contribution in [0.2, 0.25) is 0 Å². The van der Waals surface area contributed by atoms with Crippen molar-refractivity contribution in [1.82, 2.24) is 4.90 Å². The Labute approximate surface area is 100 Å². The van der Waals surface area contributed by atoms with Crippen LogP contribution in [0.15, 0.2) is 18.2 Å². The number of fused-ring (bicyclic) bond motifs is 1. The van der Waals surface area contributed by atoms with Gasteiger partial charge in [0.1, 0.15) is 6.10 Å². The smallest absolute Gasteiger partial charge is 0.407 e. The Kier molecular flexibility index (Phi) is 3.07. The lowest BCUT2D eigenvalue weighted by molar-refractivity contribution is 0.0601. The van der Waals surface area contributed by atoms with Gasteiger partial charge in [-0.05, 0) is 31.4 Å².